The lowest BCUT2D eigenvalue weighted by molar-refractivity contribution is 0.00575. The monoisotopic (exact) mass is 156 g/mol. The maximum Gasteiger partial charge on any atom is -0.0257 e. The number of hydrogen-bond donors (Lipinski definition) is 0. The Balaban J connectivity index is 4.75. The molecule has 0 saturated carbocycles. The Bertz CT molecular complexity index is 111. The summed E-state index contributed by atoms with van der Waals surface area (Å²) in [6, 6.07) is 0. The van der Waals surface area contributed by atoms with Gasteiger partial charge >= 0.3 is 0 Å². The van der Waals surface area contributed by atoms with E-state index in [2.05, 4.69) is 55.4 Å². The van der Waals surface area contributed by atoms with Crippen molar-refractivity contribution in [3.63, 3.8) is 0 Å². The molecule has 0 bridgehead atoms. The highest BCUT2D eigenvalue weighted by molar-refractivity contribution is 4.91. The third-order valence-electron chi connectivity index (χ3n) is 3.75. The van der Waals surface area contributed by atoms with Gasteiger partial charge in [0.15, 0.2) is 0 Å². The van der Waals surface area contributed by atoms with E-state index in [0.717, 1.165) is 0 Å². The van der Waals surface area contributed by atoms with Crippen molar-refractivity contribution in [2.45, 2.75) is 55.4 Å². The maximum atomic E-state index is 2.35. The first kappa shape index (κ1) is 11.0. The first-order valence-corrected chi connectivity index (χ1v) is 4.50. The van der Waals surface area contributed by atoms with Gasteiger partial charge in [0.25, 0.3) is 0 Å². The summed E-state index contributed by atoms with van der Waals surface area (Å²) >= 11 is 0. The van der Waals surface area contributed by atoms with Gasteiger partial charge in [0.05, 0.1) is 0 Å². The van der Waals surface area contributed by atoms with E-state index in [4.69, 9.17) is 0 Å². The third kappa shape index (κ3) is 1.98. The van der Waals surface area contributed by atoms with E-state index in [1.807, 2.05) is 0 Å². The van der Waals surface area contributed by atoms with Crippen LogP contribution in [0.1, 0.15) is 55.4 Å². The minimum atomic E-state index is 0.375. The third-order valence-corrected chi connectivity index (χ3v) is 3.75. The van der Waals surface area contributed by atoms with Crippen LogP contribution in [-0.4, -0.2) is 0 Å². The minimum Gasteiger partial charge on any atom is -0.0596 e. The van der Waals surface area contributed by atoms with Gasteiger partial charge in [0.1, 0.15) is 0 Å². The summed E-state index contributed by atoms with van der Waals surface area (Å²) in [4.78, 5) is 0. The van der Waals surface area contributed by atoms with Crippen molar-refractivity contribution in [1.29, 1.82) is 0 Å². The molecule has 0 nitrogen and oxygen atoms in total. The van der Waals surface area contributed by atoms with E-state index < -0.39 is 0 Å². The fourth-order valence-corrected chi connectivity index (χ4v) is 1.12. The summed E-state index contributed by atoms with van der Waals surface area (Å²) in [6.07, 6.45) is 0. The maximum absolute atomic E-state index is 2.35. The lowest BCUT2D eigenvalue weighted by atomic mass is 9.56. The first-order chi connectivity index (χ1) is 4.50. The van der Waals surface area contributed by atoms with Crippen molar-refractivity contribution in [3.8, 4) is 0 Å². The number of rotatable bonds is 0. The van der Waals surface area contributed by atoms with Crippen molar-refractivity contribution in [2.75, 3.05) is 0 Å². The lowest BCUT2D eigenvalue weighted by Crippen LogP contribution is -2.41. The van der Waals surface area contributed by atoms with Crippen molar-refractivity contribution in [1.82, 2.24) is 0 Å². The summed E-state index contributed by atoms with van der Waals surface area (Å²) in [5, 5.41) is 0. The molecule has 0 atom stereocenters. The predicted molar refractivity (Wildman–Crippen MR) is 52.7 cm³/mol. The predicted octanol–water partition coefficient (Wildman–Crippen LogP) is 4.10. The highest BCUT2D eigenvalue weighted by Crippen LogP contribution is 2.50. The molecule has 0 aliphatic heterocycles. The van der Waals surface area contributed by atoms with Gasteiger partial charge in [-0.05, 0) is 16.2 Å². The second-order valence-corrected chi connectivity index (χ2v) is 6.12. The molecule has 0 amide bonds. The molecule has 0 aromatic heterocycles. The van der Waals surface area contributed by atoms with Crippen LogP contribution in [-0.2, 0) is 0 Å². The lowest BCUT2D eigenvalue weighted by Gasteiger charge is -2.49. The zero-order valence-electron chi connectivity index (χ0n) is 9.50. The molecule has 0 aliphatic carbocycles. The van der Waals surface area contributed by atoms with Crippen LogP contribution in [0.2, 0.25) is 0 Å². The largest absolute Gasteiger partial charge is 0.0596 e. The van der Waals surface area contributed by atoms with Crippen molar-refractivity contribution in [3.05, 3.63) is 0 Å². The van der Waals surface area contributed by atoms with Crippen molar-refractivity contribution < 1.29 is 0 Å². The topological polar surface area (TPSA) is 0 Å². The van der Waals surface area contributed by atoms with Crippen LogP contribution < -0.4 is 0 Å². The Morgan fingerprint density at radius 1 is 0.455 bits per heavy atom. The summed E-state index contributed by atoms with van der Waals surface area (Å²) in [5.74, 6) is 0. The molecule has 68 valence electrons. The van der Waals surface area contributed by atoms with Crippen LogP contribution >= 0.6 is 0 Å². The Labute approximate surface area is 72.4 Å². The molecule has 0 fully saturated rings. The molecule has 0 saturated heterocycles. The summed E-state index contributed by atoms with van der Waals surface area (Å²) in [5.41, 5.74) is 1.14. The normalized spacial score (nSPS) is 15.3. The summed E-state index contributed by atoms with van der Waals surface area (Å²) in [7, 11) is 0. The van der Waals surface area contributed by atoms with E-state index in [-0.39, 0.29) is 0 Å². The Morgan fingerprint density at radius 2 is 0.636 bits per heavy atom. The fraction of sp³-hybridized carbons (Fsp3) is 1.00. The molecule has 0 aromatic carbocycles. The Kier molecular flexibility index (Phi) is 2.50. The molecule has 0 spiro atoms. The van der Waals surface area contributed by atoms with Gasteiger partial charge in [0.2, 0.25) is 0 Å². The quantitative estimate of drug-likeness (QED) is 0.495. The zero-order chi connectivity index (χ0) is 9.50. The van der Waals surface area contributed by atoms with Crippen molar-refractivity contribution in [2.24, 2.45) is 16.2 Å². The Morgan fingerprint density at radius 3 is 0.636 bits per heavy atom. The van der Waals surface area contributed by atoms with Crippen LogP contribution in [0, 0.1) is 16.2 Å². The van der Waals surface area contributed by atoms with Crippen LogP contribution in [0.3, 0.4) is 0 Å². The van der Waals surface area contributed by atoms with Gasteiger partial charge in [-0.1, -0.05) is 55.4 Å². The van der Waals surface area contributed by atoms with E-state index in [1.165, 1.54) is 0 Å². The fourth-order valence-electron chi connectivity index (χ4n) is 1.12. The average Bonchev–Trinajstić information content (AvgIpc) is 1.58. The van der Waals surface area contributed by atoms with E-state index >= 15 is 0 Å². The molecule has 0 rings (SSSR count). The van der Waals surface area contributed by atoms with Crippen LogP contribution in [0.4, 0.5) is 0 Å². The summed E-state index contributed by atoms with van der Waals surface area (Å²) in [6.45, 7) is 18.6. The molecule has 0 radical (unpaired) electrons. The second-order valence-electron chi connectivity index (χ2n) is 6.12. The van der Waals surface area contributed by atoms with Gasteiger partial charge in [-0.3, -0.25) is 0 Å². The molecular formula is C11H24. The zero-order valence-corrected chi connectivity index (χ0v) is 9.50. The minimum absolute atomic E-state index is 0.375. The van der Waals surface area contributed by atoms with E-state index in [1.54, 1.807) is 0 Å². The highest BCUT2D eigenvalue weighted by atomic mass is 14.5. The van der Waals surface area contributed by atoms with Crippen LogP contribution in [0.25, 0.3) is 0 Å². The molecule has 0 aliphatic rings. The highest BCUT2D eigenvalue weighted by Gasteiger charge is 2.42. The van der Waals surface area contributed by atoms with Gasteiger partial charge < -0.3 is 0 Å². The van der Waals surface area contributed by atoms with E-state index in [9.17, 15) is 0 Å². The van der Waals surface area contributed by atoms with E-state index in [0.29, 0.717) is 16.2 Å². The molecule has 11 heavy (non-hydrogen) atoms. The molecule has 0 aromatic rings. The molecule has 0 unspecified atom stereocenters. The summed E-state index contributed by atoms with van der Waals surface area (Å²) < 4.78 is 0. The smallest absolute Gasteiger partial charge is 0.0257 e. The van der Waals surface area contributed by atoms with Crippen LogP contribution in [0.15, 0.2) is 0 Å². The van der Waals surface area contributed by atoms with Crippen LogP contribution in [0.5, 0.6) is 0 Å². The second kappa shape index (κ2) is 2.50. The molecule has 0 heteroatoms. The average molecular weight is 156 g/mol. The van der Waals surface area contributed by atoms with Gasteiger partial charge in [-0.15, -0.1) is 0 Å². The first-order valence-electron chi connectivity index (χ1n) is 4.50. The van der Waals surface area contributed by atoms with Crippen molar-refractivity contribution >= 4 is 0 Å². The standard InChI is InChI=1S/C11H24/c1-9(2,3)11(7,8)10(4,5)6/h1-8H3. The molecular weight excluding hydrogens is 132 g/mol. The van der Waals surface area contributed by atoms with Gasteiger partial charge in [-0.2, -0.15) is 0 Å². The van der Waals surface area contributed by atoms with Gasteiger partial charge in [-0.25, -0.2) is 0 Å². The number of hydrogen-bond acceptors (Lipinski definition) is 0. The Hall–Kier alpha value is 0. The SMILES string of the molecule is CC(C)(C)C(C)(C)C(C)(C)C. The van der Waals surface area contributed by atoms with Gasteiger partial charge in [0, 0.05) is 0 Å². The molecule has 0 N–H and O–H groups in total. The molecule has 0 heterocycles.